The van der Waals surface area contributed by atoms with E-state index in [1.165, 1.54) is 11.8 Å². The Morgan fingerprint density at radius 3 is 2.46 bits per heavy atom. The Hall–Kier alpha value is -3.19. The molecule has 2 aromatic carbocycles. The number of rotatable bonds is 5. The number of hydrazine groups is 1. The standard InChI is InChI=1S/C21H23N5OS/c1-15(2)17-8-10-19(11-9-17)23-21(28)25-24-20(27)18-12-22-26(14-18)13-16-6-4-3-5-7-16/h3-12,14-15H,13H2,1-2H3,(H,24,27)(H2,23,25,28). The highest BCUT2D eigenvalue weighted by Gasteiger charge is 2.09. The van der Waals surface area contributed by atoms with Gasteiger partial charge in [0.05, 0.1) is 18.3 Å². The Kier molecular flexibility index (Phi) is 6.39. The maximum Gasteiger partial charge on any atom is 0.272 e. The number of anilines is 1. The van der Waals surface area contributed by atoms with Crippen LogP contribution in [0.5, 0.6) is 0 Å². The van der Waals surface area contributed by atoms with Crippen molar-refractivity contribution in [2.24, 2.45) is 0 Å². The summed E-state index contributed by atoms with van der Waals surface area (Å²) in [5, 5.41) is 7.57. The highest BCUT2D eigenvalue weighted by molar-refractivity contribution is 7.80. The molecule has 3 N–H and O–H groups in total. The van der Waals surface area contributed by atoms with Gasteiger partial charge >= 0.3 is 0 Å². The molecule has 3 rings (SSSR count). The van der Waals surface area contributed by atoms with Crippen molar-refractivity contribution in [1.82, 2.24) is 20.6 Å². The zero-order chi connectivity index (χ0) is 19.9. The van der Waals surface area contributed by atoms with E-state index in [-0.39, 0.29) is 5.91 Å². The Balaban J connectivity index is 1.49. The molecule has 0 saturated heterocycles. The Morgan fingerprint density at radius 2 is 1.79 bits per heavy atom. The first-order valence-electron chi connectivity index (χ1n) is 9.05. The van der Waals surface area contributed by atoms with Crippen LogP contribution in [0.4, 0.5) is 5.69 Å². The van der Waals surface area contributed by atoms with E-state index < -0.39 is 0 Å². The molecule has 0 atom stereocenters. The fourth-order valence-corrected chi connectivity index (χ4v) is 2.81. The third-order valence-corrected chi connectivity index (χ3v) is 4.41. The zero-order valence-corrected chi connectivity index (χ0v) is 16.7. The minimum atomic E-state index is -0.307. The molecule has 0 fully saturated rings. The lowest BCUT2D eigenvalue weighted by molar-refractivity contribution is 0.0944. The molecule has 0 radical (unpaired) electrons. The van der Waals surface area contributed by atoms with Gasteiger partial charge in [0, 0.05) is 11.9 Å². The fourth-order valence-electron chi connectivity index (χ4n) is 2.64. The molecule has 1 aromatic heterocycles. The second kappa shape index (κ2) is 9.14. The van der Waals surface area contributed by atoms with Crippen molar-refractivity contribution in [2.45, 2.75) is 26.3 Å². The van der Waals surface area contributed by atoms with Crippen molar-refractivity contribution >= 4 is 28.9 Å². The molecule has 144 valence electrons. The van der Waals surface area contributed by atoms with Gasteiger partial charge in [0.1, 0.15) is 0 Å². The van der Waals surface area contributed by atoms with Gasteiger partial charge in [-0.15, -0.1) is 0 Å². The molecule has 7 heteroatoms. The van der Waals surface area contributed by atoms with Crippen LogP contribution >= 0.6 is 12.2 Å². The van der Waals surface area contributed by atoms with E-state index in [2.05, 4.69) is 47.2 Å². The molecule has 0 aliphatic heterocycles. The summed E-state index contributed by atoms with van der Waals surface area (Å²) in [4.78, 5) is 12.3. The number of thiocarbonyl (C=S) groups is 1. The normalized spacial score (nSPS) is 10.5. The van der Waals surface area contributed by atoms with Crippen molar-refractivity contribution in [3.8, 4) is 0 Å². The molecule has 0 aliphatic rings. The summed E-state index contributed by atoms with van der Waals surface area (Å²) < 4.78 is 1.72. The number of hydrogen-bond donors (Lipinski definition) is 3. The largest absolute Gasteiger partial charge is 0.331 e. The van der Waals surface area contributed by atoms with Gasteiger partial charge in [-0.2, -0.15) is 5.10 Å². The first-order chi connectivity index (χ1) is 13.5. The van der Waals surface area contributed by atoms with Gasteiger partial charge in [-0.25, -0.2) is 0 Å². The lowest BCUT2D eigenvalue weighted by Crippen LogP contribution is -2.43. The van der Waals surface area contributed by atoms with E-state index >= 15 is 0 Å². The van der Waals surface area contributed by atoms with Gasteiger partial charge in [0.2, 0.25) is 0 Å². The van der Waals surface area contributed by atoms with E-state index in [9.17, 15) is 4.79 Å². The van der Waals surface area contributed by atoms with Gasteiger partial charge in [-0.3, -0.25) is 20.3 Å². The molecule has 1 heterocycles. The number of amides is 1. The average Bonchev–Trinajstić information content (AvgIpc) is 3.16. The summed E-state index contributed by atoms with van der Waals surface area (Å²) in [5.74, 6) is 0.167. The van der Waals surface area contributed by atoms with E-state index in [0.717, 1.165) is 11.3 Å². The van der Waals surface area contributed by atoms with Crippen LogP contribution < -0.4 is 16.2 Å². The highest BCUT2D eigenvalue weighted by atomic mass is 32.1. The smallest absolute Gasteiger partial charge is 0.272 e. The quantitative estimate of drug-likeness (QED) is 0.456. The maximum absolute atomic E-state index is 12.3. The average molecular weight is 394 g/mol. The monoisotopic (exact) mass is 393 g/mol. The summed E-state index contributed by atoms with van der Waals surface area (Å²) >= 11 is 5.22. The number of carbonyl (C=O) groups excluding carboxylic acids is 1. The minimum absolute atomic E-state index is 0.307. The SMILES string of the molecule is CC(C)c1ccc(NC(=S)NNC(=O)c2cnn(Cc3ccccc3)c2)cc1. The third kappa shape index (κ3) is 5.40. The predicted octanol–water partition coefficient (Wildman–Crippen LogP) is 3.69. The van der Waals surface area contributed by atoms with Crippen molar-refractivity contribution in [3.63, 3.8) is 0 Å². The number of hydrogen-bond acceptors (Lipinski definition) is 3. The molecule has 0 spiro atoms. The Morgan fingerprint density at radius 1 is 1.07 bits per heavy atom. The van der Waals surface area contributed by atoms with Crippen LogP contribution in [0.15, 0.2) is 67.0 Å². The number of carbonyl (C=O) groups is 1. The van der Waals surface area contributed by atoms with E-state index in [0.29, 0.717) is 23.1 Å². The van der Waals surface area contributed by atoms with Crippen LogP contribution in [-0.4, -0.2) is 20.8 Å². The van der Waals surface area contributed by atoms with Crippen LogP contribution in [0.2, 0.25) is 0 Å². The molecule has 28 heavy (non-hydrogen) atoms. The van der Waals surface area contributed by atoms with Gasteiger partial charge in [-0.1, -0.05) is 56.3 Å². The van der Waals surface area contributed by atoms with E-state index in [4.69, 9.17) is 12.2 Å². The molecule has 1 amide bonds. The van der Waals surface area contributed by atoms with Crippen LogP contribution in [0.25, 0.3) is 0 Å². The summed E-state index contributed by atoms with van der Waals surface area (Å²) in [5.41, 5.74) is 8.96. The van der Waals surface area contributed by atoms with Crippen LogP contribution in [-0.2, 0) is 6.54 Å². The topological polar surface area (TPSA) is 71.0 Å². The van der Waals surface area contributed by atoms with Crippen LogP contribution in [0.3, 0.4) is 0 Å². The molecular weight excluding hydrogens is 370 g/mol. The van der Waals surface area contributed by atoms with Crippen molar-refractivity contribution < 1.29 is 4.79 Å². The zero-order valence-electron chi connectivity index (χ0n) is 15.8. The summed E-state index contributed by atoms with van der Waals surface area (Å²) in [6, 6.07) is 18.0. The molecule has 0 unspecified atom stereocenters. The van der Waals surface area contributed by atoms with Crippen LogP contribution in [0, 0.1) is 0 Å². The van der Waals surface area contributed by atoms with Gasteiger partial charge in [0.15, 0.2) is 5.11 Å². The second-order valence-electron chi connectivity index (χ2n) is 6.72. The van der Waals surface area contributed by atoms with Crippen molar-refractivity contribution in [3.05, 3.63) is 83.7 Å². The fraction of sp³-hybridized carbons (Fsp3) is 0.190. The maximum atomic E-state index is 12.3. The van der Waals surface area contributed by atoms with Gasteiger partial charge in [0.25, 0.3) is 5.91 Å². The summed E-state index contributed by atoms with van der Waals surface area (Å²) in [6.45, 7) is 4.90. The van der Waals surface area contributed by atoms with E-state index in [1.807, 2.05) is 42.5 Å². The third-order valence-electron chi connectivity index (χ3n) is 4.21. The number of nitrogens with one attached hydrogen (secondary N) is 3. The number of aromatic nitrogens is 2. The van der Waals surface area contributed by atoms with Gasteiger partial charge < -0.3 is 5.32 Å². The van der Waals surface area contributed by atoms with E-state index in [1.54, 1.807) is 10.9 Å². The Labute approximate surface area is 169 Å². The second-order valence-corrected chi connectivity index (χ2v) is 7.13. The lowest BCUT2D eigenvalue weighted by Gasteiger charge is -2.12. The molecule has 0 aliphatic carbocycles. The summed E-state index contributed by atoms with van der Waals surface area (Å²) in [6.07, 6.45) is 3.23. The first-order valence-corrected chi connectivity index (χ1v) is 9.46. The van der Waals surface area contributed by atoms with Crippen molar-refractivity contribution in [1.29, 1.82) is 0 Å². The Bertz CT molecular complexity index is 935. The molecule has 0 bridgehead atoms. The predicted molar refractivity (Wildman–Crippen MR) is 115 cm³/mol. The molecule has 6 nitrogen and oxygen atoms in total. The molecular formula is C21H23N5OS. The van der Waals surface area contributed by atoms with Gasteiger partial charge in [-0.05, 0) is 41.4 Å². The summed E-state index contributed by atoms with van der Waals surface area (Å²) in [7, 11) is 0. The number of benzene rings is 2. The lowest BCUT2D eigenvalue weighted by atomic mass is 10.0. The minimum Gasteiger partial charge on any atom is -0.331 e. The van der Waals surface area contributed by atoms with Crippen LogP contribution in [0.1, 0.15) is 41.3 Å². The molecule has 0 saturated carbocycles. The van der Waals surface area contributed by atoms with Crippen molar-refractivity contribution in [2.75, 3.05) is 5.32 Å². The molecule has 3 aromatic rings. The number of nitrogens with zero attached hydrogens (tertiary/aromatic N) is 2. The first kappa shape index (κ1) is 19.6. The highest BCUT2D eigenvalue weighted by Crippen LogP contribution is 2.16.